The number of carbonyl (C=O) groups is 1. The molecule has 3 nitrogen and oxygen atoms in total. The fourth-order valence-corrected chi connectivity index (χ4v) is 1.94. The van der Waals surface area contributed by atoms with E-state index in [2.05, 4.69) is 5.32 Å². The number of hydrogen-bond acceptors (Lipinski definition) is 2. The molecule has 0 spiro atoms. The molecule has 1 aromatic carbocycles. The third-order valence-electron chi connectivity index (χ3n) is 3.76. The van der Waals surface area contributed by atoms with E-state index in [9.17, 15) is 18.0 Å². The fraction of sp³-hybridized carbons (Fsp3) is 0.562. The molecule has 0 amide bonds. The van der Waals surface area contributed by atoms with Crippen LogP contribution in [0.3, 0.4) is 0 Å². The maximum atomic E-state index is 12.5. The largest absolute Gasteiger partial charge is 0.481 e. The molecule has 0 aliphatic heterocycles. The summed E-state index contributed by atoms with van der Waals surface area (Å²) >= 11 is 0. The van der Waals surface area contributed by atoms with Crippen LogP contribution in [0.1, 0.15) is 44.2 Å². The van der Waals surface area contributed by atoms with Crippen molar-refractivity contribution in [2.75, 3.05) is 13.1 Å². The highest BCUT2D eigenvalue weighted by atomic mass is 19.4. The van der Waals surface area contributed by atoms with Gasteiger partial charge in [-0.2, -0.15) is 13.2 Å². The quantitative estimate of drug-likeness (QED) is 0.750. The van der Waals surface area contributed by atoms with Gasteiger partial charge in [0.1, 0.15) is 0 Å². The number of nitrogens with one attached hydrogen (secondary N) is 1. The molecular formula is C16H22F3NO2. The zero-order valence-corrected chi connectivity index (χ0v) is 13.0. The van der Waals surface area contributed by atoms with Crippen LogP contribution in [0.4, 0.5) is 13.2 Å². The Morgan fingerprint density at radius 3 is 2.23 bits per heavy atom. The molecule has 1 rings (SSSR count). The van der Waals surface area contributed by atoms with Crippen LogP contribution in [0.5, 0.6) is 0 Å². The summed E-state index contributed by atoms with van der Waals surface area (Å²) in [6, 6.07) is 5.13. The minimum Gasteiger partial charge on any atom is -0.481 e. The first-order valence-electron chi connectivity index (χ1n) is 7.15. The number of carboxylic acids is 1. The Bertz CT molecular complexity index is 495. The van der Waals surface area contributed by atoms with Gasteiger partial charge in [-0.05, 0) is 50.4 Å². The summed E-state index contributed by atoms with van der Waals surface area (Å²) in [5.74, 6) is -0.791. The lowest BCUT2D eigenvalue weighted by atomic mass is 9.89. The number of rotatable bonds is 7. The van der Waals surface area contributed by atoms with Crippen molar-refractivity contribution < 1.29 is 23.1 Å². The van der Waals surface area contributed by atoms with Gasteiger partial charge in [-0.1, -0.05) is 19.1 Å². The molecule has 2 N–H and O–H groups in total. The van der Waals surface area contributed by atoms with Crippen molar-refractivity contribution in [1.82, 2.24) is 5.32 Å². The van der Waals surface area contributed by atoms with E-state index in [0.717, 1.165) is 17.7 Å². The lowest BCUT2D eigenvalue weighted by Crippen LogP contribution is -2.30. The molecule has 0 fully saturated rings. The van der Waals surface area contributed by atoms with Gasteiger partial charge in [0.05, 0.1) is 11.0 Å². The van der Waals surface area contributed by atoms with Gasteiger partial charge < -0.3 is 10.4 Å². The minimum absolute atomic E-state index is 0.0511. The van der Waals surface area contributed by atoms with Crippen LogP contribution >= 0.6 is 0 Å². The van der Waals surface area contributed by atoms with E-state index >= 15 is 0 Å². The average Bonchev–Trinajstić information content (AvgIpc) is 2.42. The van der Waals surface area contributed by atoms with E-state index in [4.69, 9.17) is 5.11 Å². The fourth-order valence-electron chi connectivity index (χ4n) is 1.94. The summed E-state index contributed by atoms with van der Waals surface area (Å²) in [6.45, 7) is 6.37. The number of carboxylic acid groups (broad SMARTS) is 1. The molecule has 1 aromatic rings. The maximum Gasteiger partial charge on any atom is 0.416 e. The molecule has 22 heavy (non-hydrogen) atoms. The predicted molar refractivity (Wildman–Crippen MR) is 78.8 cm³/mol. The standard InChI is InChI=1S/C16H22F3NO2/c1-11(10-20-9-8-15(2,3)14(21)22)12-4-6-13(7-5-12)16(17,18)19/h4-7,11,20H,8-10H2,1-3H3,(H,21,22). The highest BCUT2D eigenvalue weighted by Crippen LogP contribution is 2.30. The van der Waals surface area contributed by atoms with Crippen molar-refractivity contribution in [2.24, 2.45) is 5.41 Å². The molecule has 0 aliphatic carbocycles. The molecule has 0 bridgehead atoms. The van der Waals surface area contributed by atoms with E-state index < -0.39 is 23.1 Å². The van der Waals surface area contributed by atoms with Crippen LogP contribution in [0, 0.1) is 5.41 Å². The van der Waals surface area contributed by atoms with Gasteiger partial charge >= 0.3 is 12.1 Å². The van der Waals surface area contributed by atoms with Crippen molar-refractivity contribution in [2.45, 2.75) is 39.3 Å². The Hall–Kier alpha value is -1.56. The van der Waals surface area contributed by atoms with Crippen LogP contribution in [0.2, 0.25) is 0 Å². The van der Waals surface area contributed by atoms with Gasteiger partial charge in [0.2, 0.25) is 0 Å². The number of aliphatic carboxylic acids is 1. The highest BCUT2D eigenvalue weighted by molar-refractivity contribution is 5.73. The SMILES string of the molecule is CC(CNCCC(C)(C)C(=O)O)c1ccc(C(F)(F)F)cc1. The highest BCUT2D eigenvalue weighted by Gasteiger charge is 2.30. The number of benzene rings is 1. The molecule has 124 valence electrons. The summed E-state index contributed by atoms with van der Waals surface area (Å²) in [4.78, 5) is 11.0. The van der Waals surface area contributed by atoms with Gasteiger partial charge in [-0.3, -0.25) is 4.79 Å². The number of hydrogen-bond donors (Lipinski definition) is 2. The first kappa shape index (κ1) is 18.5. The number of alkyl halides is 3. The van der Waals surface area contributed by atoms with Crippen LogP contribution < -0.4 is 5.32 Å². The molecule has 0 radical (unpaired) electrons. The van der Waals surface area contributed by atoms with E-state index in [-0.39, 0.29) is 5.92 Å². The summed E-state index contributed by atoms with van der Waals surface area (Å²) in [6.07, 6.45) is -3.83. The van der Waals surface area contributed by atoms with Crippen LogP contribution in [-0.2, 0) is 11.0 Å². The molecule has 1 unspecified atom stereocenters. The van der Waals surface area contributed by atoms with Gasteiger partial charge in [0.15, 0.2) is 0 Å². The van der Waals surface area contributed by atoms with E-state index in [0.29, 0.717) is 19.5 Å². The lowest BCUT2D eigenvalue weighted by Gasteiger charge is -2.20. The second kappa shape index (κ2) is 7.13. The van der Waals surface area contributed by atoms with E-state index in [1.165, 1.54) is 12.1 Å². The van der Waals surface area contributed by atoms with Crippen molar-refractivity contribution >= 4 is 5.97 Å². The molecule has 1 atom stereocenters. The summed E-state index contributed by atoms with van der Waals surface area (Å²) in [5.41, 5.74) is -0.623. The minimum atomic E-state index is -4.32. The maximum absolute atomic E-state index is 12.5. The van der Waals surface area contributed by atoms with Crippen molar-refractivity contribution in [3.8, 4) is 0 Å². The Morgan fingerprint density at radius 2 is 1.77 bits per heavy atom. The molecule has 6 heteroatoms. The predicted octanol–water partition coefficient (Wildman–Crippen LogP) is 3.90. The Labute approximate surface area is 128 Å². The van der Waals surface area contributed by atoms with E-state index in [1.54, 1.807) is 13.8 Å². The third kappa shape index (κ3) is 5.33. The van der Waals surface area contributed by atoms with Gasteiger partial charge in [0.25, 0.3) is 0 Å². The second-order valence-corrected chi connectivity index (χ2v) is 6.16. The first-order chi connectivity index (χ1) is 10.0. The molecular weight excluding hydrogens is 295 g/mol. The van der Waals surface area contributed by atoms with E-state index in [1.807, 2.05) is 6.92 Å². The zero-order valence-electron chi connectivity index (χ0n) is 13.0. The van der Waals surface area contributed by atoms with Gasteiger partial charge in [-0.25, -0.2) is 0 Å². The topological polar surface area (TPSA) is 49.3 Å². The third-order valence-corrected chi connectivity index (χ3v) is 3.76. The normalized spacial score (nSPS) is 13.9. The molecule has 0 heterocycles. The number of halogens is 3. The monoisotopic (exact) mass is 317 g/mol. The van der Waals surface area contributed by atoms with Crippen LogP contribution in [0.25, 0.3) is 0 Å². The molecule has 0 aliphatic rings. The zero-order chi connectivity index (χ0) is 17.0. The average molecular weight is 317 g/mol. The smallest absolute Gasteiger partial charge is 0.416 e. The van der Waals surface area contributed by atoms with Crippen LogP contribution in [0.15, 0.2) is 24.3 Å². The molecule has 0 saturated heterocycles. The summed E-state index contributed by atoms with van der Waals surface area (Å²) < 4.78 is 37.5. The summed E-state index contributed by atoms with van der Waals surface area (Å²) in [7, 11) is 0. The Morgan fingerprint density at radius 1 is 1.23 bits per heavy atom. The van der Waals surface area contributed by atoms with Crippen molar-refractivity contribution in [3.05, 3.63) is 35.4 Å². The lowest BCUT2D eigenvalue weighted by molar-refractivity contribution is -0.147. The summed E-state index contributed by atoms with van der Waals surface area (Å²) in [5, 5.41) is 12.2. The van der Waals surface area contributed by atoms with Crippen molar-refractivity contribution in [3.63, 3.8) is 0 Å². The molecule has 0 aromatic heterocycles. The Balaban J connectivity index is 2.46. The Kier molecular flexibility index (Phi) is 6.00. The van der Waals surface area contributed by atoms with Crippen LogP contribution in [-0.4, -0.2) is 24.2 Å². The second-order valence-electron chi connectivity index (χ2n) is 6.16. The molecule has 0 saturated carbocycles. The van der Waals surface area contributed by atoms with Crippen molar-refractivity contribution in [1.29, 1.82) is 0 Å². The van der Waals surface area contributed by atoms with Gasteiger partial charge in [-0.15, -0.1) is 0 Å². The van der Waals surface area contributed by atoms with Gasteiger partial charge in [0, 0.05) is 6.54 Å². The first-order valence-corrected chi connectivity index (χ1v) is 7.15.